The first-order valence-corrected chi connectivity index (χ1v) is 4.48. The van der Waals surface area contributed by atoms with Gasteiger partial charge < -0.3 is 4.98 Å². The van der Waals surface area contributed by atoms with E-state index in [9.17, 15) is 26.7 Å². The molecule has 90 valence electrons. The third-order valence-corrected chi connectivity index (χ3v) is 2.14. The Morgan fingerprint density at radius 3 is 2.31 bits per heavy atom. The Bertz CT molecular complexity index is 439. The number of hydrogen-bond acceptors (Lipinski definition) is 1. The fourth-order valence-electron chi connectivity index (χ4n) is 1.22. The van der Waals surface area contributed by atoms with Crippen molar-refractivity contribution in [2.24, 2.45) is 0 Å². The van der Waals surface area contributed by atoms with Gasteiger partial charge in [-0.25, -0.2) is 8.78 Å². The van der Waals surface area contributed by atoms with Crippen LogP contribution < -0.4 is 5.56 Å². The highest BCUT2D eigenvalue weighted by molar-refractivity contribution is 6.17. The van der Waals surface area contributed by atoms with E-state index in [0.29, 0.717) is 6.20 Å². The highest BCUT2D eigenvalue weighted by Crippen LogP contribution is 2.37. The monoisotopic (exact) mass is 261 g/mol. The van der Waals surface area contributed by atoms with E-state index in [-0.39, 0.29) is 0 Å². The molecule has 0 saturated heterocycles. The van der Waals surface area contributed by atoms with Crippen LogP contribution in [-0.4, -0.2) is 4.98 Å². The van der Waals surface area contributed by atoms with Crippen LogP contribution in [0, 0.1) is 0 Å². The van der Waals surface area contributed by atoms with Crippen molar-refractivity contribution in [1.82, 2.24) is 4.98 Å². The topological polar surface area (TPSA) is 32.9 Å². The Hall–Kier alpha value is -1.11. The standard InChI is InChI=1S/C8H5ClF5NO/c9-1-3-5(8(12,13)14)4(6(10)11)2-15-7(3)16/h2,6H,1H2,(H,15,16). The summed E-state index contributed by atoms with van der Waals surface area (Å²) in [6.07, 6.45) is -8.02. The molecule has 1 aromatic rings. The quantitative estimate of drug-likeness (QED) is 0.644. The number of aromatic nitrogens is 1. The zero-order chi connectivity index (χ0) is 12.5. The third kappa shape index (κ3) is 2.34. The summed E-state index contributed by atoms with van der Waals surface area (Å²) in [6, 6.07) is 0. The molecule has 1 N–H and O–H groups in total. The van der Waals surface area contributed by atoms with Crippen molar-refractivity contribution in [2.45, 2.75) is 18.5 Å². The molecule has 0 fully saturated rings. The van der Waals surface area contributed by atoms with Crippen LogP contribution in [0.25, 0.3) is 0 Å². The van der Waals surface area contributed by atoms with Crippen LogP contribution in [0.3, 0.4) is 0 Å². The van der Waals surface area contributed by atoms with Gasteiger partial charge in [0.2, 0.25) is 0 Å². The molecule has 0 aliphatic heterocycles. The van der Waals surface area contributed by atoms with Gasteiger partial charge in [0.15, 0.2) is 0 Å². The average Bonchev–Trinajstić information content (AvgIpc) is 2.15. The number of aromatic amines is 1. The lowest BCUT2D eigenvalue weighted by atomic mass is 10.1. The van der Waals surface area contributed by atoms with E-state index in [0.717, 1.165) is 0 Å². The first-order chi connectivity index (χ1) is 7.29. The van der Waals surface area contributed by atoms with Gasteiger partial charge in [-0.2, -0.15) is 13.2 Å². The van der Waals surface area contributed by atoms with E-state index >= 15 is 0 Å². The summed E-state index contributed by atoms with van der Waals surface area (Å²) in [5.74, 6) is -0.787. The smallest absolute Gasteiger partial charge is 0.328 e. The van der Waals surface area contributed by atoms with Gasteiger partial charge in [0.25, 0.3) is 12.0 Å². The highest BCUT2D eigenvalue weighted by Gasteiger charge is 2.39. The summed E-state index contributed by atoms with van der Waals surface area (Å²) >= 11 is 5.16. The third-order valence-electron chi connectivity index (χ3n) is 1.88. The second-order valence-corrected chi connectivity index (χ2v) is 3.13. The van der Waals surface area contributed by atoms with Crippen molar-refractivity contribution >= 4 is 11.6 Å². The van der Waals surface area contributed by atoms with E-state index in [4.69, 9.17) is 11.6 Å². The van der Waals surface area contributed by atoms with Crippen molar-refractivity contribution in [1.29, 1.82) is 0 Å². The minimum Gasteiger partial charge on any atom is -0.328 e. The summed E-state index contributed by atoms with van der Waals surface area (Å²) in [7, 11) is 0. The predicted octanol–water partition coefficient (Wildman–Crippen LogP) is 3.07. The number of pyridine rings is 1. The molecule has 0 bridgehead atoms. The fraction of sp³-hybridized carbons (Fsp3) is 0.375. The van der Waals surface area contributed by atoms with Gasteiger partial charge in [0.05, 0.1) is 11.4 Å². The molecular formula is C8H5ClF5NO. The molecule has 0 aromatic carbocycles. The van der Waals surface area contributed by atoms with E-state index in [1.54, 1.807) is 4.98 Å². The highest BCUT2D eigenvalue weighted by atomic mass is 35.5. The zero-order valence-corrected chi connectivity index (χ0v) is 8.29. The van der Waals surface area contributed by atoms with Gasteiger partial charge in [0, 0.05) is 17.3 Å². The van der Waals surface area contributed by atoms with Crippen molar-refractivity contribution in [3.8, 4) is 0 Å². The Labute approximate surface area is 91.0 Å². The molecule has 0 aliphatic rings. The molecule has 0 amide bonds. The molecule has 1 rings (SSSR count). The van der Waals surface area contributed by atoms with Crippen LogP contribution in [0.5, 0.6) is 0 Å². The van der Waals surface area contributed by atoms with Gasteiger partial charge in [-0.15, -0.1) is 11.6 Å². The Balaban J connectivity index is 3.61. The molecule has 8 heteroatoms. The average molecular weight is 262 g/mol. The largest absolute Gasteiger partial charge is 0.417 e. The Morgan fingerprint density at radius 2 is 1.94 bits per heavy atom. The molecule has 0 radical (unpaired) electrons. The zero-order valence-electron chi connectivity index (χ0n) is 7.54. The number of H-pyrrole nitrogens is 1. The second-order valence-electron chi connectivity index (χ2n) is 2.86. The van der Waals surface area contributed by atoms with E-state index < -0.39 is 40.7 Å². The fourth-order valence-corrected chi connectivity index (χ4v) is 1.48. The van der Waals surface area contributed by atoms with Crippen molar-refractivity contribution in [3.63, 3.8) is 0 Å². The minimum absolute atomic E-state index is 0.353. The van der Waals surface area contributed by atoms with Crippen LogP contribution >= 0.6 is 11.6 Å². The first-order valence-electron chi connectivity index (χ1n) is 3.94. The Kier molecular flexibility index (Phi) is 3.57. The first kappa shape index (κ1) is 13.0. The maximum atomic E-state index is 12.5. The van der Waals surface area contributed by atoms with E-state index in [1.807, 2.05) is 0 Å². The molecule has 2 nitrogen and oxygen atoms in total. The number of hydrogen-bond donors (Lipinski definition) is 1. The van der Waals surface area contributed by atoms with Gasteiger partial charge in [-0.3, -0.25) is 4.79 Å². The van der Waals surface area contributed by atoms with Crippen LogP contribution in [0.4, 0.5) is 22.0 Å². The number of alkyl halides is 6. The van der Waals surface area contributed by atoms with Crippen molar-refractivity contribution in [2.75, 3.05) is 0 Å². The molecule has 0 aliphatic carbocycles. The molecule has 0 spiro atoms. The molecule has 16 heavy (non-hydrogen) atoms. The molecular weight excluding hydrogens is 257 g/mol. The number of rotatable bonds is 2. The Morgan fingerprint density at radius 1 is 1.38 bits per heavy atom. The van der Waals surface area contributed by atoms with Crippen LogP contribution in [-0.2, 0) is 12.1 Å². The van der Waals surface area contributed by atoms with Crippen molar-refractivity contribution < 1.29 is 22.0 Å². The van der Waals surface area contributed by atoms with E-state index in [2.05, 4.69) is 0 Å². The lowest BCUT2D eigenvalue weighted by molar-refractivity contribution is -0.140. The molecule has 0 atom stereocenters. The van der Waals surface area contributed by atoms with Crippen LogP contribution in [0.2, 0.25) is 0 Å². The van der Waals surface area contributed by atoms with Crippen LogP contribution in [0.1, 0.15) is 23.1 Å². The second kappa shape index (κ2) is 4.40. The summed E-state index contributed by atoms with van der Waals surface area (Å²) < 4.78 is 62.2. The normalized spacial score (nSPS) is 12.2. The predicted molar refractivity (Wildman–Crippen MR) is 46.6 cm³/mol. The van der Waals surface area contributed by atoms with Gasteiger partial charge in [-0.1, -0.05) is 0 Å². The molecule has 1 heterocycles. The number of halogens is 6. The minimum atomic E-state index is -5.04. The lowest BCUT2D eigenvalue weighted by Gasteiger charge is -2.14. The summed E-state index contributed by atoms with van der Waals surface area (Å²) in [6.45, 7) is 0. The lowest BCUT2D eigenvalue weighted by Crippen LogP contribution is -2.22. The summed E-state index contributed by atoms with van der Waals surface area (Å²) in [4.78, 5) is 12.8. The summed E-state index contributed by atoms with van der Waals surface area (Å²) in [5, 5.41) is 0. The van der Waals surface area contributed by atoms with Crippen LogP contribution in [0.15, 0.2) is 11.0 Å². The van der Waals surface area contributed by atoms with Gasteiger partial charge in [-0.05, 0) is 0 Å². The van der Waals surface area contributed by atoms with E-state index in [1.165, 1.54) is 0 Å². The van der Waals surface area contributed by atoms with Gasteiger partial charge in [0.1, 0.15) is 0 Å². The maximum absolute atomic E-state index is 12.5. The molecule has 0 unspecified atom stereocenters. The number of nitrogens with one attached hydrogen (secondary N) is 1. The van der Waals surface area contributed by atoms with Gasteiger partial charge >= 0.3 is 6.18 Å². The SMILES string of the molecule is O=c1[nH]cc(C(F)F)c(C(F)(F)F)c1CCl. The molecule has 1 aromatic heterocycles. The molecule has 0 saturated carbocycles. The van der Waals surface area contributed by atoms with Crippen molar-refractivity contribution in [3.05, 3.63) is 33.2 Å². The summed E-state index contributed by atoms with van der Waals surface area (Å²) in [5.41, 5.74) is -4.94. The maximum Gasteiger partial charge on any atom is 0.417 e.